The minimum Gasteiger partial charge on any atom is -0.356 e. The zero-order chi connectivity index (χ0) is 12.3. The zero-order valence-electron chi connectivity index (χ0n) is 9.70. The van der Waals surface area contributed by atoms with E-state index in [4.69, 9.17) is 9.47 Å². The van der Waals surface area contributed by atoms with Gasteiger partial charge in [0.2, 0.25) is 9.84 Å². The minimum atomic E-state index is -3.41. The number of ether oxygens (including phenoxy) is 2. The summed E-state index contributed by atoms with van der Waals surface area (Å²) in [7, 11) is -1.88. The molecule has 0 saturated carbocycles. The van der Waals surface area contributed by atoms with Crippen molar-refractivity contribution in [3.63, 3.8) is 0 Å². The number of hydrogen-bond acceptors (Lipinski definition) is 4. The van der Waals surface area contributed by atoms with Crippen LogP contribution in [0.15, 0.2) is 35.2 Å². The van der Waals surface area contributed by atoms with Gasteiger partial charge in [0.15, 0.2) is 11.7 Å². The van der Waals surface area contributed by atoms with Gasteiger partial charge in [-0.15, -0.1) is 0 Å². The summed E-state index contributed by atoms with van der Waals surface area (Å²) in [6, 6.07) is 8.40. The van der Waals surface area contributed by atoms with Crippen molar-refractivity contribution in [1.82, 2.24) is 0 Å². The maximum atomic E-state index is 12.3. The summed E-state index contributed by atoms with van der Waals surface area (Å²) in [5.41, 5.74) is -0.788. The lowest BCUT2D eigenvalue weighted by Crippen LogP contribution is -2.34. The van der Waals surface area contributed by atoms with Crippen LogP contribution in [0.5, 0.6) is 0 Å². The third-order valence-electron chi connectivity index (χ3n) is 2.86. The van der Waals surface area contributed by atoms with Gasteiger partial charge in [-0.2, -0.15) is 0 Å². The van der Waals surface area contributed by atoms with Gasteiger partial charge in [0.25, 0.3) is 0 Å². The standard InChI is InChI=1S/C12H16O4S/c1-15-11-8-5-9-12(16-11)17(13,14)10-6-3-2-4-7-10/h2-4,6-7,11-12H,5,8-9H2,1H3. The van der Waals surface area contributed by atoms with Gasteiger partial charge >= 0.3 is 0 Å². The lowest BCUT2D eigenvalue weighted by molar-refractivity contribution is -0.157. The Morgan fingerprint density at radius 1 is 1.24 bits per heavy atom. The lowest BCUT2D eigenvalue weighted by atomic mass is 10.2. The predicted octanol–water partition coefficient (Wildman–Crippen LogP) is 1.96. The molecule has 2 atom stereocenters. The summed E-state index contributed by atoms with van der Waals surface area (Å²) in [5, 5.41) is 0. The average molecular weight is 256 g/mol. The van der Waals surface area contributed by atoms with Crippen molar-refractivity contribution in [3.05, 3.63) is 30.3 Å². The predicted molar refractivity (Wildman–Crippen MR) is 63.1 cm³/mol. The molecule has 0 aliphatic carbocycles. The number of methoxy groups -OCH3 is 1. The van der Waals surface area contributed by atoms with Crippen LogP contribution in [0.2, 0.25) is 0 Å². The van der Waals surface area contributed by atoms with Gasteiger partial charge < -0.3 is 9.47 Å². The molecule has 1 saturated heterocycles. The Kier molecular flexibility index (Phi) is 3.81. The molecule has 1 aliphatic rings. The molecule has 1 aromatic carbocycles. The highest BCUT2D eigenvalue weighted by Crippen LogP contribution is 2.27. The Morgan fingerprint density at radius 2 is 1.94 bits per heavy atom. The molecule has 17 heavy (non-hydrogen) atoms. The van der Waals surface area contributed by atoms with Gasteiger partial charge in [-0.1, -0.05) is 18.2 Å². The maximum absolute atomic E-state index is 12.3. The highest BCUT2D eigenvalue weighted by molar-refractivity contribution is 7.91. The fraction of sp³-hybridized carbons (Fsp3) is 0.500. The molecule has 4 nitrogen and oxygen atoms in total. The molecule has 0 aromatic heterocycles. The van der Waals surface area contributed by atoms with E-state index in [1.165, 1.54) is 7.11 Å². The third-order valence-corrected chi connectivity index (χ3v) is 4.83. The molecular weight excluding hydrogens is 240 g/mol. The van der Waals surface area contributed by atoms with Gasteiger partial charge in [0.1, 0.15) is 0 Å². The van der Waals surface area contributed by atoms with Gasteiger partial charge in [-0.25, -0.2) is 8.42 Å². The largest absolute Gasteiger partial charge is 0.356 e. The Labute approximate surface area is 101 Å². The van der Waals surface area contributed by atoms with E-state index in [0.717, 1.165) is 12.8 Å². The first-order valence-corrected chi connectivity index (χ1v) is 7.16. The Bertz CT molecular complexity index is 455. The van der Waals surface area contributed by atoms with E-state index in [9.17, 15) is 8.42 Å². The molecule has 0 amide bonds. The van der Waals surface area contributed by atoms with Crippen molar-refractivity contribution >= 4 is 9.84 Å². The summed E-state index contributed by atoms with van der Waals surface area (Å²) in [6.07, 6.45) is 1.66. The van der Waals surface area contributed by atoms with E-state index in [0.29, 0.717) is 11.3 Å². The van der Waals surface area contributed by atoms with Crippen molar-refractivity contribution in [1.29, 1.82) is 0 Å². The first-order valence-electron chi connectivity index (χ1n) is 5.62. The molecular formula is C12H16O4S. The van der Waals surface area contributed by atoms with Gasteiger partial charge in [0.05, 0.1) is 4.90 Å². The number of sulfone groups is 1. The van der Waals surface area contributed by atoms with Crippen LogP contribution < -0.4 is 0 Å². The van der Waals surface area contributed by atoms with Crippen LogP contribution in [-0.4, -0.2) is 27.3 Å². The first kappa shape index (κ1) is 12.5. The van der Waals surface area contributed by atoms with Crippen LogP contribution in [0.3, 0.4) is 0 Å². The maximum Gasteiger partial charge on any atom is 0.205 e. The molecule has 94 valence electrons. The lowest BCUT2D eigenvalue weighted by Gasteiger charge is -2.28. The topological polar surface area (TPSA) is 52.6 Å². The van der Waals surface area contributed by atoms with Crippen molar-refractivity contribution in [2.24, 2.45) is 0 Å². The molecule has 1 aromatic rings. The molecule has 2 unspecified atom stereocenters. The second-order valence-corrected chi connectivity index (χ2v) is 6.11. The van der Waals surface area contributed by atoms with Crippen LogP contribution in [0.4, 0.5) is 0 Å². The van der Waals surface area contributed by atoms with E-state index in [1.54, 1.807) is 30.3 Å². The van der Waals surface area contributed by atoms with Crippen LogP contribution in [-0.2, 0) is 19.3 Å². The van der Waals surface area contributed by atoms with Crippen LogP contribution in [0.1, 0.15) is 19.3 Å². The number of hydrogen-bond donors (Lipinski definition) is 0. The van der Waals surface area contributed by atoms with Crippen LogP contribution in [0.25, 0.3) is 0 Å². The smallest absolute Gasteiger partial charge is 0.205 e. The Hall–Kier alpha value is -0.910. The van der Waals surface area contributed by atoms with Gasteiger partial charge in [-0.3, -0.25) is 0 Å². The summed E-state index contributed by atoms with van der Waals surface area (Å²) >= 11 is 0. The van der Waals surface area contributed by atoms with Crippen molar-refractivity contribution < 1.29 is 17.9 Å². The number of rotatable bonds is 3. The van der Waals surface area contributed by atoms with Crippen molar-refractivity contribution in [2.75, 3.05) is 7.11 Å². The second kappa shape index (κ2) is 5.16. The van der Waals surface area contributed by atoms with E-state index in [2.05, 4.69) is 0 Å². The summed E-state index contributed by atoms with van der Waals surface area (Å²) in [5.74, 6) is 0. The van der Waals surface area contributed by atoms with E-state index in [-0.39, 0.29) is 0 Å². The molecule has 1 fully saturated rings. The highest BCUT2D eigenvalue weighted by Gasteiger charge is 2.33. The highest BCUT2D eigenvalue weighted by atomic mass is 32.2. The quantitative estimate of drug-likeness (QED) is 0.829. The summed E-state index contributed by atoms with van der Waals surface area (Å²) in [6.45, 7) is 0. The average Bonchev–Trinajstić information content (AvgIpc) is 2.40. The zero-order valence-corrected chi connectivity index (χ0v) is 10.5. The molecule has 2 rings (SSSR count). The SMILES string of the molecule is COC1CCCC(S(=O)(=O)c2ccccc2)O1. The number of benzene rings is 1. The molecule has 0 spiro atoms. The molecule has 0 N–H and O–H groups in total. The molecule has 0 radical (unpaired) electrons. The third kappa shape index (κ3) is 2.68. The van der Waals surface area contributed by atoms with Crippen LogP contribution >= 0.6 is 0 Å². The van der Waals surface area contributed by atoms with E-state index in [1.807, 2.05) is 0 Å². The molecule has 5 heteroatoms. The summed E-state index contributed by atoms with van der Waals surface area (Å²) < 4.78 is 35.0. The van der Waals surface area contributed by atoms with Crippen molar-refractivity contribution in [2.45, 2.75) is 35.9 Å². The normalized spacial score (nSPS) is 25.7. The van der Waals surface area contributed by atoms with Crippen LogP contribution in [0, 0.1) is 0 Å². The first-order chi connectivity index (χ1) is 8.14. The molecule has 1 heterocycles. The van der Waals surface area contributed by atoms with E-state index >= 15 is 0 Å². The Morgan fingerprint density at radius 3 is 2.59 bits per heavy atom. The fourth-order valence-electron chi connectivity index (χ4n) is 1.92. The van der Waals surface area contributed by atoms with Gasteiger partial charge in [0, 0.05) is 7.11 Å². The van der Waals surface area contributed by atoms with Crippen molar-refractivity contribution in [3.8, 4) is 0 Å². The summed E-state index contributed by atoms with van der Waals surface area (Å²) in [4.78, 5) is 0.307. The molecule has 1 aliphatic heterocycles. The minimum absolute atomic E-state index is 0.307. The van der Waals surface area contributed by atoms with E-state index < -0.39 is 21.6 Å². The fourth-order valence-corrected chi connectivity index (χ4v) is 3.51. The van der Waals surface area contributed by atoms with Gasteiger partial charge in [-0.05, 0) is 31.4 Å². The second-order valence-electron chi connectivity index (χ2n) is 4.02. The molecule has 0 bridgehead atoms. The monoisotopic (exact) mass is 256 g/mol. The Balaban J connectivity index is 2.21.